The van der Waals surface area contributed by atoms with Gasteiger partial charge in [0.05, 0.1) is 30.0 Å². The molecule has 1 saturated heterocycles. The summed E-state index contributed by atoms with van der Waals surface area (Å²) >= 11 is 0. The van der Waals surface area contributed by atoms with Gasteiger partial charge >= 0.3 is 0 Å². The number of fused-ring (bicyclic) bond motifs is 1. The van der Waals surface area contributed by atoms with Crippen LogP contribution >= 0.6 is 0 Å². The predicted molar refractivity (Wildman–Crippen MR) is 157 cm³/mol. The third kappa shape index (κ3) is 6.53. The molecule has 2 N–H and O–H groups in total. The topological polar surface area (TPSA) is 114 Å². The molecule has 0 bridgehead atoms. The Morgan fingerprint density at radius 1 is 0.881 bits per heavy atom. The molecule has 1 saturated carbocycles. The minimum absolute atomic E-state index is 0.00164. The lowest BCUT2D eigenvalue weighted by Gasteiger charge is -2.31. The first-order valence-electron chi connectivity index (χ1n) is 14.1. The summed E-state index contributed by atoms with van der Waals surface area (Å²) < 4.78 is 63.5. The second kappa shape index (κ2) is 12.3. The summed E-state index contributed by atoms with van der Waals surface area (Å²) in [6.45, 7) is 2.33. The highest BCUT2D eigenvalue weighted by molar-refractivity contribution is 7.88. The fraction of sp³-hybridized carbons (Fsp3) is 0.414. The van der Waals surface area contributed by atoms with E-state index in [9.17, 15) is 17.2 Å². The Morgan fingerprint density at radius 2 is 1.55 bits per heavy atom. The minimum atomic E-state index is -3.47. The van der Waals surface area contributed by atoms with E-state index in [1.54, 1.807) is 42.5 Å². The molecular weight excluding hydrogens is 564 g/mol. The van der Waals surface area contributed by atoms with Crippen LogP contribution in [0.25, 0.3) is 16.9 Å². The molecule has 1 aliphatic heterocycles. The van der Waals surface area contributed by atoms with Crippen LogP contribution in [-0.4, -0.2) is 66.3 Å². The summed E-state index contributed by atoms with van der Waals surface area (Å²) in [5, 5.41) is 3.40. The zero-order valence-electron chi connectivity index (χ0n) is 23.0. The third-order valence-corrected chi connectivity index (χ3v) is 9.06. The van der Waals surface area contributed by atoms with Crippen LogP contribution in [0, 0.1) is 0 Å². The maximum atomic E-state index is 14.1. The molecule has 13 heteroatoms. The number of halogens is 2. The number of anilines is 2. The quantitative estimate of drug-likeness (QED) is 0.291. The molecule has 2 aromatic heterocycles. The van der Waals surface area contributed by atoms with Crippen LogP contribution in [0.4, 0.5) is 20.5 Å². The van der Waals surface area contributed by atoms with Crippen LogP contribution in [0.2, 0.25) is 0 Å². The van der Waals surface area contributed by atoms with Gasteiger partial charge in [-0.3, -0.25) is 4.57 Å². The highest BCUT2D eigenvalue weighted by atomic mass is 32.2. The Labute approximate surface area is 243 Å². The van der Waals surface area contributed by atoms with Crippen LogP contribution in [-0.2, 0) is 20.5 Å². The third-order valence-electron chi connectivity index (χ3n) is 7.65. The fourth-order valence-corrected chi connectivity index (χ4v) is 7.07. The molecule has 4 aromatic rings. The molecule has 0 spiro atoms. The van der Waals surface area contributed by atoms with Crippen LogP contribution in [0.1, 0.15) is 43.5 Å². The van der Waals surface area contributed by atoms with Gasteiger partial charge in [0.15, 0.2) is 5.82 Å². The molecule has 6 rings (SSSR count). The average Bonchev–Trinajstić information content (AvgIpc) is 3.39. The molecule has 0 amide bonds. The van der Waals surface area contributed by atoms with E-state index in [-0.39, 0.29) is 23.7 Å². The van der Waals surface area contributed by atoms with E-state index in [2.05, 4.69) is 24.9 Å². The average molecular weight is 598 g/mol. The number of benzene rings is 2. The molecule has 2 aromatic carbocycles. The fourth-order valence-electron chi connectivity index (χ4n) is 5.61. The number of aromatic nitrogens is 4. The van der Waals surface area contributed by atoms with Gasteiger partial charge in [0.1, 0.15) is 11.6 Å². The van der Waals surface area contributed by atoms with Crippen molar-refractivity contribution < 1.29 is 21.9 Å². The van der Waals surface area contributed by atoms with Gasteiger partial charge in [0.25, 0.3) is 6.43 Å². The van der Waals surface area contributed by atoms with Crippen LogP contribution in [0.5, 0.6) is 0 Å². The van der Waals surface area contributed by atoms with Gasteiger partial charge in [0.2, 0.25) is 16.0 Å². The van der Waals surface area contributed by atoms with Crippen molar-refractivity contribution in [2.75, 3.05) is 36.5 Å². The molecule has 3 heterocycles. The van der Waals surface area contributed by atoms with Gasteiger partial charge < -0.3 is 15.0 Å². The number of imidazole rings is 1. The number of rotatable bonds is 9. The van der Waals surface area contributed by atoms with E-state index in [1.807, 2.05) is 18.2 Å². The van der Waals surface area contributed by atoms with Crippen molar-refractivity contribution in [2.24, 2.45) is 0 Å². The molecule has 0 radical (unpaired) electrons. The lowest BCUT2D eigenvalue weighted by molar-refractivity contribution is 0.122. The van der Waals surface area contributed by atoms with Crippen molar-refractivity contribution in [1.82, 2.24) is 24.2 Å². The Balaban J connectivity index is 1.21. The first-order valence-corrected chi connectivity index (χ1v) is 15.8. The van der Waals surface area contributed by atoms with E-state index in [4.69, 9.17) is 9.72 Å². The number of ether oxygens (including phenoxy) is 1. The van der Waals surface area contributed by atoms with E-state index in [0.29, 0.717) is 80.6 Å². The lowest BCUT2D eigenvalue weighted by Crippen LogP contribution is -2.41. The van der Waals surface area contributed by atoms with E-state index >= 15 is 0 Å². The van der Waals surface area contributed by atoms with Crippen molar-refractivity contribution in [3.8, 4) is 5.82 Å². The van der Waals surface area contributed by atoms with Crippen molar-refractivity contribution >= 4 is 32.8 Å². The molecule has 2 aliphatic rings. The first-order chi connectivity index (χ1) is 20.3. The van der Waals surface area contributed by atoms with Crippen molar-refractivity contribution in [3.05, 3.63) is 72.1 Å². The largest absolute Gasteiger partial charge is 0.378 e. The number of nitrogens with zero attached hydrogens (tertiary/aromatic N) is 5. The SMILES string of the molecule is O=S(=O)(Cc1ccccc1)NC1CCC(Nc2nc(N3CCOCC3)cc(-n3c(C(F)F)nc4ccccc43)n2)CC1. The van der Waals surface area contributed by atoms with Crippen molar-refractivity contribution in [3.63, 3.8) is 0 Å². The molecule has 0 unspecified atom stereocenters. The zero-order chi connectivity index (χ0) is 29.1. The standard InChI is InChI=1S/C29H33F2N7O3S/c30-27(31)28-33-23-8-4-5-9-24(23)38(28)26-18-25(37-14-16-41-17-15-37)34-29(35-26)32-21-10-12-22(13-11-21)36-42(39,40)19-20-6-2-1-3-7-20/h1-9,18,21-22,27,36H,10-17,19H2,(H,32,34,35). The van der Waals surface area contributed by atoms with E-state index in [1.165, 1.54) is 4.57 Å². The summed E-state index contributed by atoms with van der Waals surface area (Å²) in [4.78, 5) is 15.7. The zero-order valence-corrected chi connectivity index (χ0v) is 23.8. The Morgan fingerprint density at radius 3 is 2.29 bits per heavy atom. The predicted octanol–water partition coefficient (Wildman–Crippen LogP) is 4.43. The van der Waals surface area contributed by atoms with Gasteiger partial charge in [-0.1, -0.05) is 42.5 Å². The van der Waals surface area contributed by atoms with Gasteiger partial charge in [-0.2, -0.15) is 9.97 Å². The van der Waals surface area contributed by atoms with Crippen LogP contribution in [0.3, 0.4) is 0 Å². The molecule has 10 nitrogen and oxygen atoms in total. The first kappa shape index (κ1) is 28.4. The normalized spacial score (nSPS) is 19.8. The van der Waals surface area contributed by atoms with Gasteiger partial charge in [0, 0.05) is 31.2 Å². The summed E-state index contributed by atoms with van der Waals surface area (Å²) in [5.74, 6) is 0.823. The lowest BCUT2D eigenvalue weighted by atomic mass is 9.92. The maximum absolute atomic E-state index is 14.1. The summed E-state index contributed by atoms with van der Waals surface area (Å²) in [5.41, 5.74) is 1.74. The number of hydrogen-bond donors (Lipinski definition) is 2. The van der Waals surface area contributed by atoms with Crippen LogP contribution in [0.15, 0.2) is 60.7 Å². The number of alkyl halides is 2. The maximum Gasteiger partial charge on any atom is 0.296 e. The summed E-state index contributed by atoms with van der Waals surface area (Å²) in [6.07, 6.45) is -0.0753. The van der Waals surface area contributed by atoms with E-state index < -0.39 is 16.4 Å². The molecule has 222 valence electrons. The summed E-state index contributed by atoms with van der Waals surface area (Å²) in [6, 6.07) is 17.7. The molecule has 1 aliphatic carbocycles. The van der Waals surface area contributed by atoms with E-state index in [0.717, 1.165) is 5.56 Å². The number of morpholine rings is 1. The number of hydrogen-bond acceptors (Lipinski definition) is 8. The second-order valence-corrected chi connectivity index (χ2v) is 12.4. The van der Waals surface area contributed by atoms with Crippen LogP contribution < -0.4 is 14.9 Å². The summed E-state index contributed by atoms with van der Waals surface area (Å²) in [7, 11) is -3.47. The number of nitrogens with one attached hydrogen (secondary N) is 2. The molecule has 42 heavy (non-hydrogen) atoms. The van der Waals surface area contributed by atoms with Gasteiger partial charge in [-0.25, -0.2) is 26.9 Å². The highest BCUT2D eigenvalue weighted by Crippen LogP contribution is 2.30. The van der Waals surface area contributed by atoms with Crippen molar-refractivity contribution in [2.45, 2.75) is 49.9 Å². The van der Waals surface area contributed by atoms with Crippen molar-refractivity contribution in [1.29, 1.82) is 0 Å². The minimum Gasteiger partial charge on any atom is -0.378 e. The molecule has 0 atom stereocenters. The molecular formula is C29H33F2N7O3S. The Kier molecular flexibility index (Phi) is 8.31. The number of sulfonamides is 1. The molecule has 2 fully saturated rings. The van der Waals surface area contributed by atoms with Gasteiger partial charge in [-0.05, 0) is 43.4 Å². The Bertz CT molecular complexity index is 1620. The number of para-hydroxylation sites is 2. The smallest absolute Gasteiger partial charge is 0.296 e. The monoisotopic (exact) mass is 597 g/mol. The highest BCUT2D eigenvalue weighted by Gasteiger charge is 2.27. The second-order valence-electron chi connectivity index (χ2n) is 10.7. The van der Waals surface area contributed by atoms with Gasteiger partial charge in [-0.15, -0.1) is 0 Å². The Hall–Kier alpha value is -3.68.